The maximum absolute atomic E-state index is 11.9. The lowest BCUT2D eigenvalue weighted by Crippen LogP contribution is -2.10. The minimum absolute atomic E-state index is 0.0207. The number of aromatic carboxylic acids is 1. The number of alkyl halides is 3. The summed E-state index contributed by atoms with van der Waals surface area (Å²) >= 11 is 3.21. The summed E-state index contributed by atoms with van der Waals surface area (Å²) in [6.45, 7) is 0.298. The van der Waals surface area contributed by atoms with Crippen LogP contribution in [-0.4, -0.2) is 23.8 Å². The number of carboxylic acid groups (broad SMARTS) is 1. The molecule has 0 fully saturated rings. The van der Waals surface area contributed by atoms with E-state index in [-0.39, 0.29) is 12.0 Å². The number of carboxylic acids is 1. The Bertz CT molecular complexity index is 449. The molecule has 0 amide bonds. The largest absolute Gasteiger partial charge is 0.478 e. The Morgan fingerprint density at radius 1 is 1.32 bits per heavy atom. The molecule has 0 heterocycles. The SMILES string of the molecule is O=C(O)c1ccc(Br)cc1NCCCCC(F)(F)F. The van der Waals surface area contributed by atoms with Crippen LogP contribution >= 0.6 is 15.9 Å². The Labute approximate surface area is 116 Å². The molecule has 0 saturated carbocycles. The Balaban J connectivity index is 2.49. The van der Waals surface area contributed by atoms with Crippen molar-refractivity contribution < 1.29 is 23.1 Å². The summed E-state index contributed by atoms with van der Waals surface area (Å²) in [5, 5.41) is 11.8. The predicted molar refractivity (Wildman–Crippen MR) is 69.5 cm³/mol. The summed E-state index contributed by atoms with van der Waals surface area (Å²) in [7, 11) is 0. The molecule has 0 radical (unpaired) electrons. The zero-order valence-corrected chi connectivity index (χ0v) is 11.5. The molecule has 1 aromatic rings. The maximum atomic E-state index is 11.9. The maximum Gasteiger partial charge on any atom is 0.389 e. The van der Waals surface area contributed by atoms with Crippen LogP contribution in [0.3, 0.4) is 0 Å². The number of anilines is 1. The summed E-state index contributed by atoms with van der Waals surface area (Å²) in [5.74, 6) is -1.08. The molecule has 0 aliphatic rings. The predicted octanol–water partition coefficient (Wildman–Crippen LogP) is 4.29. The highest BCUT2D eigenvalue weighted by Crippen LogP contribution is 2.23. The Hall–Kier alpha value is -1.24. The monoisotopic (exact) mass is 339 g/mol. The van der Waals surface area contributed by atoms with Gasteiger partial charge in [-0.05, 0) is 31.0 Å². The van der Waals surface area contributed by atoms with E-state index in [1.54, 1.807) is 12.1 Å². The summed E-state index contributed by atoms with van der Waals surface area (Å²) in [6, 6.07) is 4.62. The van der Waals surface area contributed by atoms with Gasteiger partial charge in [-0.3, -0.25) is 0 Å². The van der Waals surface area contributed by atoms with Crippen molar-refractivity contribution in [1.82, 2.24) is 0 Å². The zero-order chi connectivity index (χ0) is 14.5. The fraction of sp³-hybridized carbons (Fsp3) is 0.417. The van der Waals surface area contributed by atoms with Crippen molar-refractivity contribution in [3.05, 3.63) is 28.2 Å². The smallest absolute Gasteiger partial charge is 0.389 e. The fourth-order valence-corrected chi connectivity index (χ4v) is 1.88. The molecule has 0 bridgehead atoms. The number of unbranched alkanes of at least 4 members (excludes halogenated alkanes) is 1. The minimum atomic E-state index is -4.14. The Morgan fingerprint density at radius 3 is 2.58 bits per heavy atom. The van der Waals surface area contributed by atoms with E-state index in [1.165, 1.54) is 6.07 Å². The van der Waals surface area contributed by atoms with E-state index in [0.717, 1.165) is 0 Å². The second-order valence-corrected chi connectivity index (χ2v) is 4.91. The third-order valence-corrected chi connectivity index (χ3v) is 2.91. The van der Waals surface area contributed by atoms with Gasteiger partial charge in [-0.25, -0.2) is 4.79 Å². The van der Waals surface area contributed by atoms with Crippen molar-refractivity contribution in [2.24, 2.45) is 0 Å². The molecule has 0 aromatic heterocycles. The molecule has 0 aliphatic carbocycles. The molecule has 3 nitrogen and oxygen atoms in total. The first-order valence-electron chi connectivity index (χ1n) is 5.63. The van der Waals surface area contributed by atoms with Crippen molar-refractivity contribution in [2.75, 3.05) is 11.9 Å². The Morgan fingerprint density at radius 2 is 2.00 bits per heavy atom. The van der Waals surface area contributed by atoms with Crippen molar-refractivity contribution in [1.29, 1.82) is 0 Å². The quantitative estimate of drug-likeness (QED) is 0.760. The van der Waals surface area contributed by atoms with Gasteiger partial charge in [-0.2, -0.15) is 13.2 Å². The first kappa shape index (κ1) is 15.8. The number of rotatable bonds is 6. The van der Waals surface area contributed by atoms with Crippen molar-refractivity contribution >= 4 is 27.6 Å². The minimum Gasteiger partial charge on any atom is -0.478 e. The van der Waals surface area contributed by atoms with Gasteiger partial charge >= 0.3 is 12.1 Å². The standard InChI is InChI=1S/C12H13BrF3NO2/c13-8-3-4-9(11(18)19)10(7-8)17-6-2-1-5-12(14,15)16/h3-4,7,17H,1-2,5-6H2,(H,18,19). The summed E-state index contributed by atoms with van der Waals surface area (Å²) in [5.41, 5.74) is 0.493. The van der Waals surface area contributed by atoms with E-state index in [1.807, 2.05) is 0 Å². The zero-order valence-electron chi connectivity index (χ0n) is 9.93. The van der Waals surface area contributed by atoms with Crippen LogP contribution in [0.25, 0.3) is 0 Å². The lowest BCUT2D eigenvalue weighted by molar-refractivity contribution is -0.135. The van der Waals surface area contributed by atoms with E-state index in [9.17, 15) is 18.0 Å². The van der Waals surface area contributed by atoms with Crippen molar-refractivity contribution in [3.8, 4) is 0 Å². The first-order valence-corrected chi connectivity index (χ1v) is 6.42. The second-order valence-electron chi connectivity index (χ2n) is 3.99. The van der Waals surface area contributed by atoms with Gasteiger partial charge in [0.1, 0.15) is 0 Å². The molecular formula is C12H13BrF3NO2. The third-order valence-electron chi connectivity index (χ3n) is 2.41. The number of halogens is 4. The number of hydrogen-bond acceptors (Lipinski definition) is 2. The number of carbonyl (C=O) groups is 1. The van der Waals surface area contributed by atoms with Crippen LogP contribution in [0.4, 0.5) is 18.9 Å². The van der Waals surface area contributed by atoms with Crippen LogP contribution in [0.15, 0.2) is 22.7 Å². The molecule has 2 N–H and O–H groups in total. The van der Waals surface area contributed by atoms with Crippen LogP contribution < -0.4 is 5.32 Å². The molecule has 1 rings (SSSR count). The fourth-order valence-electron chi connectivity index (χ4n) is 1.52. The van der Waals surface area contributed by atoms with Crippen molar-refractivity contribution in [3.63, 3.8) is 0 Å². The molecule has 1 aromatic carbocycles. The van der Waals surface area contributed by atoms with Gasteiger partial charge < -0.3 is 10.4 Å². The molecule has 0 spiro atoms. The van der Waals surface area contributed by atoms with E-state index >= 15 is 0 Å². The highest BCUT2D eigenvalue weighted by molar-refractivity contribution is 9.10. The molecule has 0 atom stereocenters. The lowest BCUT2D eigenvalue weighted by Gasteiger charge is -2.10. The van der Waals surface area contributed by atoms with Gasteiger partial charge in [0, 0.05) is 23.1 Å². The second kappa shape index (κ2) is 6.79. The van der Waals surface area contributed by atoms with Gasteiger partial charge in [0.2, 0.25) is 0 Å². The van der Waals surface area contributed by atoms with Gasteiger partial charge in [-0.15, -0.1) is 0 Å². The summed E-state index contributed by atoms with van der Waals surface area (Å²) in [6.07, 6.45) is -4.61. The van der Waals surface area contributed by atoms with Crippen LogP contribution in [0.2, 0.25) is 0 Å². The normalized spacial score (nSPS) is 11.4. The number of hydrogen-bond donors (Lipinski definition) is 2. The molecule has 19 heavy (non-hydrogen) atoms. The highest BCUT2D eigenvalue weighted by Gasteiger charge is 2.25. The van der Waals surface area contributed by atoms with Crippen LogP contribution in [0, 0.1) is 0 Å². The van der Waals surface area contributed by atoms with Gasteiger partial charge in [0.15, 0.2) is 0 Å². The van der Waals surface area contributed by atoms with Crippen molar-refractivity contribution in [2.45, 2.75) is 25.4 Å². The van der Waals surface area contributed by atoms with E-state index in [2.05, 4.69) is 21.2 Å². The summed E-state index contributed by atoms with van der Waals surface area (Å²) < 4.78 is 36.5. The van der Waals surface area contributed by atoms with Crippen LogP contribution in [0.5, 0.6) is 0 Å². The first-order chi connectivity index (χ1) is 8.79. The lowest BCUT2D eigenvalue weighted by atomic mass is 10.1. The average molecular weight is 340 g/mol. The molecule has 106 valence electrons. The van der Waals surface area contributed by atoms with E-state index < -0.39 is 18.6 Å². The van der Waals surface area contributed by atoms with Crippen LogP contribution in [-0.2, 0) is 0 Å². The van der Waals surface area contributed by atoms with E-state index in [4.69, 9.17) is 5.11 Å². The molecule has 0 unspecified atom stereocenters. The molecular weight excluding hydrogens is 327 g/mol. The summed E-state index contributed by atoms with van der Waals surface area (Å²) in [4.78, 5) is 10.9. The van der Waals surface area contributed by atoms with Gasteiger partial charge in [0.25, 0.3) is 0 Å². The average Bonchev–Trinajstić information content (AvgIpc) is 2.26. The third kappa shape index (κ3) is 5.96. The molecule has 0 saturated heterocycles. The van der Waals surface area contributed by atoms with Gasteiger partial charge in [0.05, 0.1) is 5.56 Å². The topological polar surface area (TPSA) is 49.3 Å². The number of nitrogens with one attached hydrogen (secondary N) is 1. The Kier molecular flexibility index (Phi) is 5.65. The van der Waals surface area contributed by atoms with Gasteiger partial charge in [-0.1, -0.05) is 15.9 Å². The number of benzene rings is 1. The highest BCUT2D eigenvalue weighted by atomic mass is 79.9. The van der Waals surface area contributed by atoms with E-state index in [0.29, 0.717) is 23.1 Å². The molecule has 7 heteroatoms. The van der Waals surface area contributed by atoms with Crippen LogP contribution in [0.1, 0.15) is 29.6 Å². The molecule has 0 aliphatic heterocycles.